The minimum atomic E-state index is -0.0772. The number of carbonyl (C=O) groups excluding carboxylic acids is 1. The molecule has 4 rings (SSSR count). The van der Waals surface area contributed by atoms with Crippen LogP contribution in [0.2, 0.25) is 0 Å². The summed E-state index contributed by atoms with van der Waals surface area (Å²) in [5.41, 5.74) is 4.51. The van der Waals surface area contributed by atoms with Crippen molar-refractivity contribution in [2.75, 3.05) is 26.7 Å². The number of piperidine rings is 1. The minimum Gasteiger partial charge on any atom is -0.497 e. The first-order valence-corrected chi connectivity index (χ1v) is 11.9. The molecule has 1 aromatic heterocycles. The first-order chi connectivity index (χ1) is 15.7. The Morgan fingerprint density at radius 1 is 1.06 bits per heavy atom. The predicted molar refractivity (Wildman–Crippen MR) is 126 cm³/mol. The van der Waals surface area contributed by atoms with E-state index in [9.17, 15) is 4.79 Å². The molecule has 0 bridgehead atoms. The summed E-state index contributed by atoms with van der Waals surface area (Å²) in [6.45, 7) is 3.09. The summed E-state index contributed by atoms with van der Waals surface area (Å²) in [6, 6.07) is 15.6. The Morgan fingerprint density at radius 3 is 2.44 bits per heavy atom. The highest BCUT2D eigenvalue weighted by molar-refractivity contribution is 7.07. The number of aromatic nitrogens is 1. The van der Waals surface area contributed by atoms with Crippen LogP contribution in [0.5, 0.6) is 11.5 Å². The summed E-state index contributed by atoms with van der Waals surface area (Å²) in [6.07, 6.45) is 3.67. The van der Waals surface area contributed by atoms with Crippen LogP contribution in [0.15, 0.2) is 59.4 Å². The summed E-state index contributed by atoms with van der Waals surface area (Å²) >= 11 is 1.55. The number of hydrogen-bond acceptors (Lipinski definition) is 6. The van der Waals surface area contributed by atoms with Crippen LogP contribution in [0.25, 0.3) is 0 Å². The van der Waals surface area contributed by atoms with E-state index < -0.39 is 0 Å². The summed E-state index contributed by atoms with van der Waals surface area (Å²) < 4.78 is 11.0. The molecule has 0 radical (unpaired) electrons. The second-order valence-corrected chi connectivity index (χ2v) is 8.61. The molecule has 6 nitrogen and oxygen atoms in total. The molecule has 0 saturated carbocycles. The number of nitrogens with one attached hydrogen (secondary N) is 1. The van der Waals surface area contributed by atoms with E-state index in [0.717, 1.165) is 30.3 Å². The number of thiazole rings is 1. The molecule has 0 spiro atoms. The molecular formula is C25H29N3O3S. The molecule has 1 amide bonds. The van der Waals surface area contributed by atoms with Gasteiger partial charge in [-0.15, -0.1) is 11.3 Å². The van der Waals surface area contributed by atoms with E-state index in [1.807, 2.05) is 29.6 Å². The number of nitrogens with zero attached hydrogens (tertiary/aromatic N) is 2. The molecule has 1 atom stereocenters. The summed E-state index contributed by atoms with van der Waals surface area (Å²) in [7, 11) is 1.67. The number of ether oxygens (including phenoxy) is 2. The van der Waals surface area contributed by atoms with Crippen molar-refractivity contribution in [2.45, 2.75) is 31.9 Å². The molecule has 1 aliphatic rings. The van der Waals surface area contributed by atoms with Gasteiger partial charge in [0.05, 0.1) is 24.4 Å². The number of likely N-dealkylation sites (tertiary alicyclic amines) is 1. The highest BCUT2D eigenvalue weighted by Gasteiger charge is 2.23. The van der Waals surface area contributed by atoms with Gasteiger partial charge in [0.2, 0.25) is 0 Å². The van der Waals surface area contributed by atoms with Gasteiger partial charge in [-0.25, -0.2) is 4.98 Å². The first-order valence-electron chi connectivity index (χ1n) is 11.0. The topological polar surface area (TPSA) is 63.7 Å². The second-order valence-electron chi connectivity index (χ2n) is 7.89. The molecule has 1 N–H and O–H groups in total. The van der Waals surface area contributed by atoms with Gasteiger partial charge in [0, 0.05) is 17.5 Å². The fourth-order valence-electron chi connectivity index (χ4n) is 3.97. The lowest BCUT2D eigenvalue weighted by Gasteiger charge is -2.35. The van der Waals surface area contributed by atoms with Gasteiger partial charge in [-0.2, -0.15) is 0 Å². The summed E-state index contributed by atoms with van der Waals surface area (Å²) in [5.74, 6) is 1.48. The Balaban J connectivity index is 1.37. The lowest BCUT2D eigenvalue weighted by atomic mass is 10.0. The smallest absolute Gasteiger partial charge is 0.251 e. The molecule has 0 aliphatic carbocycles. The van der Waals surface area contributed by atoms with Crippen molar-refractivity contribution in [3.8, 4) is 11.5 Å². The van der Waals surface area contributed by atoms with Gasteiger partial charge in [0.1, 0.15) is 18.1 Å². The number of rotatable bonds is 9. The van der Waals surface area contributed by atoms with Crippen LogP contribution in [0.1, 0.15) is 46.9 Å². The highest BCUT2D eigenvalue weighted by atomic mass is 32.1. The van der Waals surface area contributed by atoms with Crippen molar-refractivity contribution in [1.29, 1.82) is 0 Å². The SMILES string of the molecule is COc1ccc([C@H](CNC(=O)c2ccc(OCc3cscn3)cc2)N2CCCCC2)cc1. The standard InChI is InChI=1S/C25H29N3O3S/c1-30-22-9-5-19(6-10-22)24(28-13-3-2-4-14-28)15-26-25(29)20-7-11-23(12-8-20)31-16-21-17-32-18-27-21/h5-12,17-18,24H,2-4,13-16H2,1H3,(H,26,29)/t24-/m0/s1. The van der Waals surface area contributed by atoms with Gasteiger partial charge < -0.3 is 14.8 Å². The Labute approximate surface area is 193 Å². The van der Waals surface area contributed by atoms with Crippen molar-refractivity contribution in [1.82, 2.24) is 15.2 Å². The van der Waals surface area contributed by atoms with E-state index in [4.69, 9.17) is 9.47 Å². The van der Waals surface area contributed by atoms with E-state index in [2.05, 4.69) is 27.3 Å². The van der Waals surface area contributed by atoms with E-state index in [-0.39, 0.29) is 11.9 Å². The zero-order chi connectivity index (χ0) is 22.2. The third-order valence-electron chi connectivity index (χ3n) is 5.77. The van der Waals surface area contributed by atoms with Crippen LogP contribution in [-0.4, -0.2) is 42.5 Å². The van der Waals surface area contributed by atoms with Crippen LogP contribution in [0.4, 0.5) is 0 Å². The van der Waals surface area contributed by atoms with Crippen molar-refractivity contribution in [3.63, 3.8) is 0 Å². The molecule has 3 aromatic rings. The number of carbonyl (C=O) groups is 1. The van der Waals surface area contributed by atoms with Crippen LogP contribution < -0.4 is 14.8 Å². The third kappa shape index (κ3) is 5.87. The molecule has 1 aliphatic heterocycles. The van der Waals surface area contributed by atoms with Gasteiger partial charge in [0.25, 0.3) is 5.91 Å². The second kappa shape index (κ2) is 11.1. The number of methoxy groups -OCH3 is 1. The Kier molecular flexibility index (Phi) is 7.74. The maximum absolute atomic E-state index is 12.8. The van der Waals surface area contributed by atoms with Crippen LogP contribution in [-0.2, 0) is 6.61 Å². The molecule has 2 heterocycles. The molecule has 7 heteroatoms. The van der Waals surface area contributed by atoms with Gasteiger partial charge in [0.15, 0.2) is 0 Å². The molecule has 1 saturated heterocycles. The summed E-state index contributed by atoms with van der Waals surface area (Å²) in [4.78, 5) is 19.5. The van der Waals surface area contributed by atoms with Crippen molar-refractivity contribution >= 4 is 17.2 Å². The van der Waals surface area contributed by atoms with E-state index in [1.54, 1.807) is 36.1 Å². The first kappa shape index (κ1) is 22.3. The largest absolute Gasteiger partial charge is 0.497 e. The van der Waals surface area contributed by atoms with Crippen LogP contribution in [0, 0.1) is 0 Å². The number of amides is 1. The van der Waals surface area contributed by atoms with Crippen molar-refractivity contribution < 1.29 is 14.3 Å². The highest BCUT2D eigenvalue weighted by Crippen LogP contribution is 2.26. The Hall–Kier alpha value is -2.90. The quantitative estimate of drug-likeness (QED) is 0.511. The van der Waals surface area contributed by atoms with Crippen LogP contribution >= 0.6 is 11.3 Å². The lowest BCUT2D eigenvalue weighted by molar-refractivity contribution is 0.0924. The zero-order valence-electron chi connectivity index (χ0n) is 18.3. The molecular weight excluding hydrogens is 422 g/mol. The van der Waals surface area contributed by atoms with Gasteiger partial charge >= 0.3 is 0 Å². The van der Waals surface area contributed by atoms with E-state index >= 15 is 0 Å². The monoisotopic (exact) mass is 451 g/mol. The Morgan fingerprint density at radius 2 is 1.78 bits per heavy atom. The molecule has 32 heavy (non-hydrogen) atoms. The van der Waals surface area contributed by atoms with Crippen molar-refractivity contribution in [2.24, 2.45) is 0 Å². The summed E-state index contributed by atoms with van der Waals surface area (Å²) in [5, 5.41) is 5.10. The predicted octanol–water partition coefficient (Wildman–Crippen LogP) is 4.69. The van der Waals surface area contributed by atoms with E-state index in [1.165, 1.54) is 24.8 Å². The molecule has 2 aromatic carbocycles. The fraction of sp³-hybridized carbons (Fsp3) is 0.360. The average Bonchev–Trinajstić information content (AvgIpc) is 3.38. The average molecular weight is 452 g/mol. The number of hydrogen-bond donors (Lipinski definition) is 1. The molecule has 168 valence electrons. The van der Waals surface area contributed by atoms with E-state index in [0.29, 0.717) is 18.7 Å². The maximum Gasteiger partial charge on any atom is 0.251 e. The maximum atomic E-state index is 12.8. The Bertz CT molecular complexity index is 969. The molecule has 0 unspecified atom stereocenters. The minimum absolute atomic E-state index is 0.0772. The third-order valence-corrected chi connectivity index (χ3v) is 6.41. The lowest BCUT2D eigenvalue weighted by Crippen LogP contribution is -2.40. The molecule has 1 fully saturated rings. The normalized spacial score (nSPS) is 15.2. The van der Waals surface area contributed by atoms with Crippen LogP contribution in [0.3, 0.4) is 0 Å². The van der Waals surface area contributed by atoms with Gasteiger partial charge in [-0.3, -0.25) is 9.69 Å². The van der Waals surface area contributed by atoms with Gasteiger partial charge in [-0.1, -0.05) is 18.6 Å². The van der Waals surface area contributed by atoms with Crippen molar-refractivity contribution in [3.05, 3.63) is 76.2 Å². The fourth-order valence-corrected chi connectivity index (χ4v) is 4.52. The number of benzene rings is 2. The zero-order valence-corrected chi connectivity index (χ0v) is 19.1. The van der Waals surface area contributed by atoms with Gasteiger partial charge in [-0.05, 0) is 67.9 Å².